The molecule has 108 heavy (non-hydrogen) atoms. The molecule has 0 spiro atoms. The monoisotopic (exact) mass is 1550 g/mol. The maximum atomic E-state index is 13.1. The first-order valence-electron chi connectivity index (χ1n) is 42.1. The van der Waals surface area contributed by atoms with Crippen LogP contribution in [0, 0.1) is 0 Å². The number of unbranched alkanes of at least 4 members (excludes halogenated alkanes) is 28. The predicted octanol–water partition coefficient (Wildman–Crippen LogP) is 25.0. The van der Waals surface area contributed by atoms with E-state index in [1.807, 2.05) is 12.2 Å². The standard InChI is InChI=1S/C89H150O17P2/c1-5-9-13-17-21-25-29-33-37-40-41-44-47-50-54-58-62-66-70-74-87(92)100-80-85(106-89(94)76-72-68-64-60-56-52-48-43-39-35-31-27-23-19-15-11-7-3)82-104-108(97,98)102-78-83(90)77-101-107(95,96)103-81-84(105-88(93)75-71-67-63-59-55-51-45-36-32-28-24-20-16-12-8-4)79-99-86(91)73-69-65-61-57-53-49-46-42-38-34-30-26-22-18-14-10-6-2/h9-11,13-15,21-23,25-27,33-35,37-39,41,44,48,52,60,64,83-85,90H,5-8,12,16-20,24,28-32,36,40,42-43,45-47,49-51,53-59,61-63,65-82H2,1-4H3,(H,95,96)(H,97,98)/b13-9-,14-10-,15-11-,25-21-,26-22-,27-23-,37-33-,38-34-,39-35-,44-41-,52-48-,64-60-. The van der Waals surface area contributed by atoms with E-state index in [-0.39, 0.29) is 25.7 Å². The summed E-state index contributed by atoms with van der Waals surface area (Å²) >= 11 is 0. The highest BCUT2D eigenvalue weighted by Gasteiger charge is 2.30. The normalized spacial score (nSPS) is 14.5. The minimum atomic E-state index is -5.00. The Morgan fingerprint density at radius 3 is 0.778 bits per heavy atom. The van der Waals surface area contributed by atoms with Crippen molar-refractivity contribution in [2.45, 2.75) is 354 Å². The van der Waals surface area contributed by atoms with E-state index in [1.54, 1.807) is 0 Å². The number of phosphoric acid groups is 2. The van der Waals surface area contributed by atoms with Crippen molar-refractivity contribution in [1.82, 2.24) is 0 Å². The minimum Gasteiger partial charge on any atom is -0.462 e. The molecule has 0 aromatic rings. The molecule has 0 aromatic heterocycles. The molecule has 5 unspecified atom stereocenters. The number of allylic oxidation sites excluding steroid dienone is 24. The van der Waals surface area contributed by atoms with Crippen LogP contribution in [0.2, 0.25) is 0 Å². The molecule has 3 N–H and O–H groups in total. The summed E-state index contributed by atoms with van der Waals surface area (Å²) < 4.78 is 68.7. The molecule has 618 valence electrons. The molecule has 0 rings (SSSR count). The number of carbonyl (C=O) groups excluding carboxylic acids is 4. The zero-order valence-corrected chi connectivity index (χ0v) is 69.5. The van der Waals surface area contributed by atoms with E-state index in [2.05, 4.69) is 161 Å². The number of hydrogen-bond acceptors (Lipinski definition) is 15. The Morgan fingerprint density at radius 2 is 0.491 bits per heavy atom. The molecule has 0 saturated carbocycles. The highest BCUT2D eigenvalue weighted by atomic mass is 31.2. The van der Waals surface area contributed by atoms with Gasteiger partial charge in [0.2, 0.25) is 0 Å². The first kappa shape index (κ1) is 103. The molecule has 0 aliphatic carbocycles. The fourth-order valence-corrected chi connectivity index (χ4v) is 12.6. The van der Waals surface area contributed by atoms with Gasteiger partial charge in [-0.15, -0.1) is 0 Å². The molecule has 0 radical (unpaired) electrons. The number of aliphatic hydroxyl groups excluding tert-OH is 1. The largest absolute Gasteiger partial charge is 0.472 e. The van der Waals surface area contributed by atoms with Crippen LogP contribution in [-0.4, -0.2) is 96.7 Å². The lowest BCUT2D eigenvalue weighted by Crippen LogP contribution is -2.30. The SMILES string of the molecule is CC/C=C\C/C=C\C/C=C\C/C=C\C/C=C\CCCC(=O)OC(COC(=O)CCCCCCCC/C=C\C/C=C\C/C=C\C/C=C\CC)COP(=O)(O)OCC(O)COP(=O)(O)OCC(COC(=O)CCCCCCCCC/C=C\C/C=C\C/C=C\CC)OC(=O)CCCCCCCCCCCCCCCCC. The first-order chi connectivity index (χ1) is 52.7. The molecule has 0 aliphatic heterocycles. The van der Waals surface area contributed by atoms with Crippen molar-refractivity contribution in [2.75, 3.05) is 39.6 Å². The summed E-state index contributed by atoms with van der Waals surface area (Å²) in [6, 6.07) is 0. The molecule has 0 saturated heterocycles. The van der Waals surface area contributed by atoms with Crippen molar-refractivity contribution < 1.29 is 80.2 Å². The Kier molecular flexibility index (Phi) is 76.3. The van der Waals surface area contributed by atoms with Crippen LogP contribution in [0.25, 0.3) is 0 Å². The van der Waals surface area contributed by atoms with Crippen molar-refractivity contribution in [3.63, 3.8) is 0 Å². The molecular formula is C89H150O17P2. The van der Waals surface area contributed by atoms with Crippen LogP contribution in [-0.2, 0) is 65.4 Å². The van der Waals surface area contributed by atoms with Gasteiger partial charge in [0.15, 0.2) is 12.2 Å². The van der Waals surface area contributed by atoms with E-state index >= 15 is 0 Å². The second-order valence-electron chi connectivity index (χ2n) is 27.6. The van der Waals surface area contributed by atoms with Crippen LogP contribution in [0.3, 0.4) is 0 Å². The zero-order chi connectivity index (χ0) is 78.9. The number of rotatable bonds is 78. The summed E-state index contributed by atoms with van der Waals surface area (Å²) in [5, 5.41) is 10.7. The number of carbonyl (C=O) groups is 4. The van der Waals surface area contributed by atoms with E-state index in [9.17, 15) is 43.2 Å². The summed E-state index contributed by atoms with van der Waals surface area (Å²) in [7, 11) is -9.99. The highest BCUT2D eigenvalue weighted by molar-refractivity contribution is 7.47. The van der Waals surface area contributed by atoms with Crippen molar-refractivity contribution in [1.29, 1.82) is 0 Å². The molecule has 17 nitrogen and oxygen atoms in total. The first-order valence-corrected chi connectivity index (χ1v) is 45.1. The van der Waals surface area contributed by atoms with E-state index in [0.717, 1.165) is 186 Å². The van der Waals surface area contributed by atoms with Crippen molar-refractivity contribution in [2.24, 2.45) is 0 Å². The van der Waals surface area contributed by atoms with Gasteiger partial charge in [0.25, 0.3) is 0 Å². The van der Waals surface area contributed by atoms with Crippen LogP contribution >= 0.6 is 15.6 Å². The molecule has 19 heteroatoms. The van der Waals surface area contributed by atoms with Gasteiger partial charge in [0.1, 0.15) is 19.3 Å². The smallest absolute Gasteiger partial charge is 0.462 e. The summed E-state index contributed by atoms with van der Waals surface area (Å²) in [6.45, 7) is 4.49. The Labute approximate surface area is 656 Å². The molecular weight excluding hydrogens is 1400 g/mol. The highest BCUT2D eigenvalue weighted by Crippen LogP contribution is 2.45. The molecule has 0 aliphatic rings. The van der Waals surface area contributed by atoms with Gasteiger partial charge in [-0.1, -0.05) is 321 Å². The van der Waals surface area contributed by atoms with Crippen LogP contribution in [0.15, 0.2) is 146 Å². The fraction of sp³-hybridized carbons (Fsp3) is 0.685. The van der Waals surface area contributed by atoms with E-state index in [0.29, 0.717) is 32.1 Å². The van der Waals surface area contributed by atoms with Crippen LogP contribution in [0.5, 0.6) is 0 Å². The number of hydrogen-bond donors (Lipinski definition) is 3. The predicted molar refractivity (Wildman–Crippen MR) is 445 cm³/mol. The fourth-order valence-electron chi connectivity index (χ4n) is 11.0. The molecule has 0 bridgehead atoms. The number of phosphoric ester groups is 2. The van der Waals surface area contributed by atoms with Gasteiger partial charge in [-0.2, -0.15) is 0 Å². The third-order valence-electron chi connectivity index (χ3n) is 17.3. The average Bonchev–Trinajstić information content (AvgIpc) is 0.900. The quantitative estimate of drug-likeness (QED) is 0.0169. The number of ether oxygens (including phenoxy) is 4. The van der Waals surface area contributed by atoms with Gasteiger partial charge >= 0.3 is 39.5 Å². The van der Waals surface area contributed by atoms with Gasteiger partial charge < -0.3 is 33.8 Å². The molecule has 0 aromatic carbocycles. The Balaban J connectivity index is 5.43. The third-order valence-corrected chi connectivity index (χ3v) is 19.2. The second-order valence-corrected chi connectivity index (χ2v) is 30.5. The lowest BCUT2D eigenvalue weighted by atomic mass is 10.0. The zero-order valence-electron chi connectivity index (χ0n) is 67.7. The second kappa shape index (κ2) is 80.0. The van der Waals surface area contributed by atoms with E-state index < -0.39 is 97.5 Å². The molecule has 0 heterocycles. The Hall–Kier alpha value is -5.06. The summed E-state index contributed by atoms with van der Waals surface area (Å²) in [4.78, 5) is 73.2. The lowest BCUT2D eigenvalue weighted by Gasteiger charge is -2.21. The topological polar surface area (TPSA) is 237 Å². The van der Waals surface area contributed by atoms with Gasteiger partial charge in [0.05, 0.1) is 26.4 Å². The maximum absolute atomic E-state index is 13.1. The summed E-state index contributed by atoms with van der Waals surface area (Å²) in [5.74, 6) is -2.26. The minimum absolute atomic E-state index is 0.00961. The Morgan fingerprint density at radius 1 is 0.269 bits per heavy atom. The number of esters is 4. The maximum Gasteiger partial charge on any atom is 0.472 e. The van der Waals surface area contributed by atoms with Gasteiger partial charge in [0, 0.05) is 25.7 Å². The van der Waals surface area contributed by atoms with Gasteiger partial charge in [-0.05, 0) is 135 Å². The van der Waals surface area contributed by atoms with Gasteiger partial charge in [-0.3, -0.25) is 37.3 Å². The Bertz CT molecular complexity index is 2610. The third kappa shape index (κ3) is 79.0. The molecule has 5 atom stereocenters. The van der Waals surface area contributed by atoms with Crippen molar-refractivity contribution in [3.8, 4) is 0 Å². The average molecular weight is 1550 g/mol. The van der Waals surface area contributed by atoms with Crippen LogP contribution in [0.4, 0.5) is 0 Å². The summed E-state index contributed by atoms with van der Waals surface area (Å²) in [6.07, 6.45) is 92.4. The summed E-state index contributed by atoms with van der Waals surface area (Å²) in [5.41, 5.74) is 0. The molecule has 0 amide bonds. The van der Waals surface area contributed by atoms with Gasteiger partial charge in [-0.25, -0.2) is 9.13 Å². The van der Waals surface area contributed by atoms with Crippen LogP contribution < -0.4 is 0 Å². The van der Waals surface area contributed by atoms with E-state index in [4.69, 9.17) is 37.0 Å². The number of aliphatic hydroxyl groups is 1. The van der Waals surface area contributed by atoms with Crippen molar-refractivity contribution in [3.05, 3.63) is 146 Å². The van der Waals surface area contributed by atoms with Crippen molar-refractivity contribution >= 4 is 39.5 Å². The lowest BCUT2D eigenvalue weighted by molar-refractivity contribution is -0.161. The van der Waals surface area contributed by atoms with E-state index in [1.165, 1.54) is 64.2 Å². The molecule has 0 fully saturated rings. The van der Waals surface area contributed by atoms with Crippen LogP contribution in [0.1, 0.15) is 336 Å².